The lowest BCUT2D eigenvalue weighted by molar-refractivity contribution is 0.122. The third-order valence-corrected chi connectivity index (χ3v) is 2.10. The summed E-state index contributed by atoms with van der Waals surface area (Å²) in [5, 5.41) is 12.3. The quantitative estimate of drug-likeness (QED) is 0.602. The summed E-state index contributed by atoms with van der Waals surface area (Å²) in [5.41, 5.74) is 0. The van der Waals surface area contributed by atoms with Crippen molar-refractivity contribution in [2.45, 2.75) is 45.2 Å². The molecule has 2 unspecified atom stereocenters. The standard InChI is InChI=1S/C10H23NO2/c1-4-5-6-9(2)11-10(7-12)8-13-3/h9-12H,4-8H2,1-3H3. The van der Waals surface area contributed by atoms with Crippen molar-refractivity contribution in [2.75, 3.05) is 20.3 Å². The molecule has 0 aromatic heterocycles. The van der Waals surface area contributed by atoms with Gasteiger partial charge in [0, 0.05) is 13.2 Å². The lowest BCUT2D eigenvalue weighted by Gasteiger charge is -2.20. The molecule has 0 aromatic carbocycles. The number of methoxy groups -OCH3 is 1. The summed E-state index contributed by atoms with van der Waals surface area (Å²) < 4.78 is 4.98. The van der Waals surface area contributed by atoms with Gasteiger partial charge in [0.1, 0.15) is 0 Å². The van der Waals surface area contributed by atoms with Gasteiger partial charge in [0.15, 0.2) is 0 Å². The zero-order valence-electron chi connectivity index (χ0n) is 9.05. The fourth-order valence-electron chi connectivity index (χ4n) is 1.35. The highest BCUT2D eigenvalue weighted by Gasteiger charge is 2.09. The van der Waals surface area contributed by atoms with Gasteiger partial charge in [0.25, 0.3) is 0 Å². The highest BCUT2D eigenvalue weighted by atomic mass is 16.5. The molecule has 2 N–H and O–H groups in total. The van der Waals surface area contributed by atoms with E-state index < -0.39 is 0 Å². The normalized spacial score (nSPS) is 15.7. The molecular formula is C10H23NO2. The third-order valence-electron chi connectivity index (χ3n) is 2.10. The van der Waals surface area contributed by atoms with Crippen molar-refractivity contribution in [3.8, 4) is 0 Å². The Hall–Kier alpha value is -0.120. The number of nitrogens with one attached hydrogen (secondary N) is 1. The van der Waals surface area contributed by atoms with Crippen molar-refractivity contribution < 1.29 is 9.84 Å². The summed E-state index contributed by atoms with van der Waals surface area (Å²) in [7, 11) is 1.65. The van der Waals surface area contributed by atoms with E-state index in [-0.39, 0.29) is 12.6 Å². The van der Waals surface area contributed by atoms with E-state index in [9.17, 15) is 0 Å². The smallest absolute Gasteiger partial charge is 0.0638 e. The molecule has 0 aliphatic carbocycles. The molecule has 0 rings (SSSR count). The van der Waals surface area contributed by atoms with Gasteiger partial charge in [-0.1, -0.05) is 19.8 Å². The van der Waals surface area contributed by atoms with Gasteiger partial charge < -0.3 is 15.2 Å². The van der Waals surface area contributed by atoms with Crippen LogP contribution >= 0.6 is 0 Å². The molecule has 0 aliphatic heterocycles. The summed E-state index contributed by atoms with van der Waals surface area (Å²) in [4.78, 5) is 0. The average Bonchev–Trinajstić information content (AvgIpc) is 2.14. The predicted octanol–water partition coefficient (Wildman–Crippen LogP) is 1.16. The monoisotopic (exact) mass is 189 g/mol. The largest absolute Gasteiger partial charge is 0.395 e. The van der Waals surface area contributed by atoms with Crippen molar-refractivity contribution in [3.05, 3.63) is 0 Å². The second-order valence-corrected chi connectivity index (χ2v) is 3.54. The minimum atomic E-state index is 0.0804. The van der Waals surface area contributed by atoms with Crippen LogP contribution in [0.3, 0.4) is 0 Å². The van der Waals surface area contributed by atoms with Gasteiger partial charge in [-0.05, 0) is 13.3 Å². The number of ether oxygens (including phenoxy) is 1. The summed E-state index contributed by atoms with van der Waals surface area (Å²) in [6, 6.07) is 0.545. The molecule has 0 saturated carbocycles. The minimum absolute atomic E-state index is 0.0804. The molecule has 80 valence electrons. The van der Waals surface area contributed by atoms with E-state index in [1.165, 1.54) is 12.8 Å². The Bertz CT molecular complexity index is 109. The Kier molecular flexibility index (Phi) is 8.40. The molecule has 0 aliphatic rings. The van der Waals surface area contributed by atoms with E-state index in [1.807, 2.05) is 0 Å². The van der Waals surface area contributed by atoms with Crippen molar-refractivity contribution in [1.82, 2.24) is 5.32 Å². The summed E-state index contributed by atoms with van der Waals surface area (Å²) in [5.74, 6) is 0. The van der Waals surface area contributed by atoms with Gasteiger partial charge in [-0.2, -0.15) is 0 Å². The third kappa shape index (κ3) is 6.99. The fourth-order valence-corrected chi connectivity index (χ4v) is 1.35. The predicted molar refractivity (Wildman–Crippen MR) is 54.9 cm³/mol. The van der Waals surface area contributed by atoms with E-state index in [0.717, 1.165) is 6.42 Å². The average molecular weight is 189 g/mol. The number of rotatable bonds is 8. The summed E-state index contributed by atoms with van der Waals surface area (Å²) >= 11 is 0. The number of aliphatic hydroxyl groups is 1. The van der Waals surface area contributed by atoms with Crippen molar-refractivity contribution in [3.63, 3.8) is 0 Å². The molecule has 3 nitrogen and oxygen atoms in total. The summed E-state index contributed by atoms with van der Waals surface area (Å²) in [6.07, 6.45) is 3.62. The second kappa shape index (κ2) is 8.48. The van der Waals surface area contributed by atoms with Crippen LogP contribution in [0.15, 0.2) is 0 Å². The Labute approximate surface area is 81.5 Å². The SMILES string of the molecule is CCCCC(C)NC(CO)COC. The van der Waals surface area contributed by atoms with Gasteiger partial charge in [-0.25, -0.2) is 0 Å². The van der Waals surface area contributed by atoms with Gasteiger partial charge >= 0.3 is 0 Å². The van der Waals surface area contributed by atoms with Crippen molar-refractivity contribution in [1.29, 1.82) is 0 Å². The lowest BCUT2D eigenvalue weighted by atomic mass is 10.1. The van der Waals surface area contributed by atoms with Crippen LogP contribution in [0.1, 0.15) is 33.1 Å². The first-order valence-electron chi connectivity index (χ1n) is 5.10. The first-order chi connectivity index (χ1) is 6.24. The van der Waals surface area contributed by atoms with Crippen LogP contribution in [0.5, 0.6) is 0 Å². The molecule has 2 atom stereocenters. The van der Waals surface area contributed by atoms with E-state index in [4.69, 9.17) is 9.84 Å². The Morgan fingerprint density at radius 3 is 2.62 bits per heavy atom. The number of aliphatic hydroxyl groups excluding tert-OH is 1. The van der Waals surface area contributed by atoms with Crippen molar-refractivity contribution >= 4 is 0 Å². The van der Waals surface area contributed by atoms with E-state index in [1.54, 1.807) is 7.11 Å². The first kappa shape index (κ1) is 12.9. The molecule has 0 radical (unpaired) electrons. The topological polar surface area (TPSA) is 41.5 Å². The Balaban J connectivity index is 3.53. The van der Waals surface area contributed by atoms with Crippen LogP contribution in [0, 0.1) is 0 Å². The van der Waals surface area contributed by atoms with E-state index in [2.05, 4.69) is 19.2 Å². The summed E-state index contributed by atoms with van der Waals surface area (Å²) in [6.45, 7) is 5.05. The maximum absolute atomic E-state index is 8.99. The number of unbranched alkanes of at least 4 members (excludes halogenated alkanes) is 1. The van der Waals surface area contributed by atoms with E-state index in [0.29, 0.717) is 12.6 Å². The molecule has 13 heavy (non-hydrogen) atoms. The number of hydrogen-bond donors (Lipinski definition) is 2. The Morgan fingerprint density at radius 1 is 1.46 bits per heavy atom. The molecule has 0 saturated heterocycles. The van der Waals surface area contributed by atoms with Crippen LogP contribution in [0.25, 0.3) is 0 Å². The second-order valence-electron chi connectivity index (χ2n) is 3.54. The van der Waals surface area contributed by atoms with Gasteiger partial charge in [-0.15, -0.1) is 0 Å². The van der Waals surface area contributed by atoms with Crippen LogP contribution < -0.4 is 5.32 Å². The number of hydrogen-bond acceptors (Lipinski definition) is 3. The molecular weight excluding hydrogens is 166 g/mol. The molecule has 0 heterocycles. The minimum Gasteiger partial charge on any atom is -0.395 e. The molecule has 0 amide bonds. The fraction of sp³-hybridized carbons (Fsp3) is 1.00. The van der Waals surface area contributed by atoms with Gasteiger partial charge in [0.05, 0.1) is 19.3 Å². The molecule has 0 bridgehead atoms. The Morgan fingerprint density at radius 2 is 2.15 bits per heavy atom. The van der Waals surface area contributed by atoms with E-state index >= 15 is 0 Å². The van der Waals surface area contributed by atoms with Crippen LogP contribution in [0.2, 0.25) is 0 Å². The zero-order valence-corrected chi connectivity index (χ0v) is 9.05. The lowest BCUT2D eigenvalue weighted by Crippen LogP contribution is -2.41. The first-order valence-corrected chi connectivity index (χ1v) is 5.10. The maximum atomic E-state index is 8.99. The van der Waals surface area contributed by atoms with Crippen LogP contribution in [-0.2, 0) is 4.74 Å². The molecule has 0 spiro atoms. The van der Waals surface area contributed by atoms with Gasteiger partial charge in [0.2, 0.25) is 0 Å². The molecule has 0 fully saturated rings. The van der Waals surface area contributed by atoms with Gasteiger partial charge in [-0.3, -0.25) is 0 Å². The zero-order chi connectivity index (χ0) is 10.1. The molecule has 0 aromatic rings. The van der Waals surface area contributed by atoms with Crippen LogP contribution in [-0.4, -0.2) is 37.5 Å². The van der Waals surface area contributed by atoms with Crippen LogP contribution in [0.4, 0.5) is 0 Å². The highest BCUT2D eigenvalue weighted by Crippen LogP contribution is 2.00. The molecule has 3 heteroatoms. The highest BCUT2D eigenvalue weighted by molar-refractivity contribution is 4.69. The maximum Gasteiger partial charge on any atom is 0.0638 e. The van der Waals surface area contributed by atoms with Crippen molar-refractivity contribution in [2.24, 2.45) is 0 Å².